The van der Waals surface area contributed by atoms with Crippen LogP contribution in [0.3, 0.4) is 0 Å². The average molecular weight is 295 g/mol. The molecule has 0 aliphatic heterocycles. The standard InChI is InChI=1S/C17H29NO3/c1-5-18-15(3)16-8-7-14(2)13-17(16)21-10-6-9-20-12-11-19-4/h7-8,13,15,18H,5-6,9-12H2,1-4H3. The quantitative estimate of drug-likeness (QED) is 0.637. The molecular weight excluding hydrogens is 266 g/mol. The molecule has 0 aliphatic carbocycles. The Bertz CT molecular complexity index is 396. The minimum Gasteiger partial charge on any atom is -0.493 e. The summed E-state index contributed by atoms with van der Waals surface area (Å²) in [6.07, 6.45) is 0.882. The SMILES string of the molecule is CCNC(C)c1ccc(C)cc1OCCCOCCOC. The number of nitrogens with one attached hydrogen (secondary N) is 1. The molecule has 21 heavy (non-hydrogen) atoms. The molecule has 0 saturated carbocycles. The molecule has 0 aliphatic rings. The molecule has 0 heterocycles. The first-order valence-corrected chi connectivity index (χ1v) is 7.72. The monoisotopic (exact) mass is 295 g/mol. The maximum Gasteiger partial charge on any atom is 0.124 e. The van der Waals surface area contributed by atoms with E-state index in [1.54, 1.807) is 7.11 Å². The van der Waals surface area contributed by atoms with Gasteiger partial charge in [-0.25, -0.2) is 0 Å². The lowest BCUT2D eigenvalue weighted by Gasteiger charge is -2.18. The van der Waals surface area contributed by atoms with Crippen molar-refractivity contribution in [3.8, 4) is 5.75 Å². The normalized spacial score (nSPS) is 12.4. The molecule has 1 aromatic carbocycles. The van der Waals surface area contributed by atoms with Crippen LogP contribution < -0.4 is 10.1 Å². The lowest BCUT2D eigenvalue weighted by Crippen LogP contribution is -2.19. The van der Waals surface area contributed by atoms with Gasteiger partial charge in [-0.15, -0.1) is 0 Å². The predicted octanol–water partition coefficient (Wildman–Crippen LogP) is 3.10. The molecule has 0 bridgehead atoms. The maximum absolute atomic E-state index is 5.94. The van der Waals surface area contributed by atoms with Gasteiger partial charge in [0.2, 0.25) is 0 Å². The van der Waals surface area contributed by atoms with Gasteiger partial charge in [0.1, 0.15) is 5.75 Å². The van der Waals surface area contributed by atoms with Gasteiger partial charge in [-0.1, -0.05) is 19.1 Å². The van der Waals surface area contributed by atoms with E-state index < -0.39 is 0 Å². The van der Waals surface area contributed by atoms with Crippen molar-refractivity contribution < 1.29 is 14.2 Å². The number of aryl methyl sites for hydroxylation is 1. The molecule has 1 atom stereocenters. The summed E-state index contributed by atoms with van der Waals surface area (Å²) in [6.45, 7) is 9.96. The van der Waals surface area contributed by atoms with Crippen LogP contribution in [0.5, 0.6) is 5.75 Å². The number of benzene rings is 1. The molecule has 1 rings (SSSR count). The molecule has 0 spiro atoms. The van der Waals surface area contributed by atoms with E-state index in [4.69, 9.17) is 14.2 Å². The molecule has 0 radical (unpaired) electrons. The van der Waals surface area contributed by atoms with Crippen molar-refractivity contribution in [2.24, 2.45) is 0 Å². The van der Waals surface area contributed by atoms with Crippen molar-refractivity contribution in [3.63, 3.8) is 0 Å². The molecule has 1 N–H and O–H groups in total. The highest BCUT2D eigenvalue weighted by Gasteiger charge is 2.10. The highest BCUT2D eigenvalue weighted by atomic mass is 16.5. The second-order valence-corrected chi connectivity index (χ2v) is 5.13. The van der Waals surface area contributed by atoms with Crippen LogP contribution in [0.15, 0.2) is 18.2 Å². The zero-order chi connectivity index (χ0) is 15.5. The summed E-state index contributed by atoms with van der Waals surface area (Å²) < 4.78 is 16.3. The topological polar surface area (TPSA) is 39.7 Å². The predicted molar refractivity (Wildman–Crippen MR) is 86.1 cm³/mol. The minimum absolute atomic E-state index is 0.295. The van der Waals surface area contributed by atoms with Gasteiger partial charge in [0, 0.05) is 31.7 Å². The van der Waals surface area contributed by atoms with E-state index in [1.165, 1.54) is 11.1 Å². The van der Waals surface area contributed by atoms with E-state index in [1.807, 2.05) is 0 Å². The minimum atomic E-state index is 0.295. The highest BCUT2D eigenvalue weighted by Crippen LogP contribution is 2.26. The van der Waals surface area contributed by atoms with Crippen LogP contribution in [-0.4, -0.2) is 40.1 Å². The van der Waals surface area contributed by atoms with Crippen LogP contribution >= 0.6 is 0 Å². The van der Waals surface area contributed by atoms with Crippen LogP contribution in [0.2, 0.25) is 0 Å². The van der Waals surface area contributed by atoms with Gasteiger partial charge >= 0.3 is 0 Å². The summed E-state index contributed by atoms with van der Waals surface area (Å²) in [7, 11) is 1.68. The Balaban J connectivity index is 2.43. The Morgan fingerprint density at radius 1 is 1.14 bits per heavy atom. The third-order valence-electron chi connectivity index (χ3n) is 3.27. The van der Waals surface area contributed by atoms with Crippen LogP contribution in [0.1, 0.15) is 37.4 Å². The average Bonchev–Trinajstić information content (AvgIpc) is 2.46. The van der Waals surface area contributed by atoms with Gasteiger partial charge < -0.3 is 19.5 Å². The summed E-state index contributed by atoms with van der Waals surface area (Å²) in [5, 5.41) is 3.43. The first kappa shape index (κ1) is 18.0. The maximum atomic E-state index is 5.94. The molecule has 120 valence electrons. The summed E-state index contributed by atoms with van der Waals surface area (Å²) in [5.41, 5.74) is 2.43. The molecule has 1 aromatic rings. The third-order valence-corrected chi connectivity index (χ3v) is 3.27. The lowest BCUT2D eigenvalue weighted by atomic mass is 10.0. The van der Waals surface area contributed by atoms with E-state index in [9.17, 15) is 0 Å². The van der Waals surface area contributed by atoms with Crippen LogP contribution in [0, 0.1) is 6.92 Å². The fourth-order valence-corrected chi connectivity index (χ4v) is 2.13. The van der Waals surface area contributed by atoms with E-state index >= 15 is 0 Å². The molecule has 4 heteroatoms. The van der Waals surface area contributed by atoms with Crippen molar-refractivity contribution in [1.29, 1.82) is 0 Å². The van der Waals surface area contributed by atoms with E-state index in [2.05, 4.69) is 44.3 Å². The van der Waals surface area contributed by atoms with Gasteiger partial charge in [-0.3, -0.25) is 0 Å². The fourth-order valence-electron chi connectivity index (χ4n) is 2.13. The van der Waals surface area contributed by atoms with Crippen LogP contribution in [0.4, 0.5) is 0 Å². The van der Waals surface area contributed by atoms with E-state index in [0.29, 0.717) is 32.5 Å². The van der Waals surface area contributed by atoms with Crippen molar-refractivity contribution in [2.75, 3.05) is 40.1 Å². The Morgan fingerprint density at radius 2 is 1.95 bits per heavy atom. The van der Waals surface area contributed by atoms with Gasteiger partial charge in [0.15, 0.2) is 0 Å². The largest absolute Gasteiger partial charge is 0.493 e. The van der Waals surface area contributed by atoms with Crippen LogP contribution in [-0.2, 0) is 9.47 Å². The molecule has 0 aromatic heterocycles. The number of methoxy groups -OCH3 is 1. The van der Waals surface area contributed by atoms with Gasteiger partial charge in [-0.2, -0.15) is 0 Å². The van der Waals surface area contributed by atoms with Crippen molar-refractivity contribution in [3.05, 3.63) is 29.3 Å². The fraction of sp³-hybridized carbons (Fsp3) is 0.647. The Kier molecular flexibility index (Phi) is 9.06. The van der Waals surface area contributed by atoms with Crippen molar-refractivity contribution in [2.45, 2.75) is 33.2 Å². The van der Waals surface area contributed by atoms with Gasteiger partial charge in [0.25, 0.3) is 0 Å². The number of rotatable bonds is 11. The summed E-state index contributed by atoms with van der Waals surface area (Å²) in [4.78, 5) is 0. The van der Waals surface area contributed by atoms with Gasteiger partial charge in [0.05, 0.1) is 19.8 Å². The smallest absolute Gasteiger partial charge is 0.124 e. The Labute approximate surface area is 128 Å². The van der Waals surface area contributed by atoms with E-state index in [0.717, 1.165) is 18.7 Å². The first-order valence-electron chi connectivity index (χ1n) is 7.72. The summed E-state index contributed by atoms with van der Waals surface area (Å²) in [6, 6.07) is 6.68. The van der Waals surface area contributed by atoms with Crippen LogP contribution in [0.25, 0.3) is 0 Å². The van der Waals surface area contributed by atoms with Gasteiger partial charge in [-0.05, 0) is 32.0 Å². The second-order valence-electron chi connectivity index (χ2n) is 5.13. The molecule has 0 amide bonds. The zero-order valence-electron chi connectivity index (χ0n) is 13.8. The Morgan fingerprint density at radius 3 is 2.67 bits per heavy atom. The third kappa shape index (κ3) is 6.93. The number of hydrogen-bond donors (Lipinski definition) is 1. The van der Waals surface area contributed by atoms with Crippen molar-refractivity contribution >= 4 is 0 Å². The molecule has 4 nitrogen and oxygen atoms in total. The highest BCUT2D eigenvalue weighted by molar-refractivity contribution is 5.39. The molecule has 1 unspecified atom stereocenters. The molecular formula is C17H29NO3. The number of hydrogen-bond acceptors (Lipinski definition) is 4. The van der Waals surface area contributed by atoms with E-state index in [-0.39, 0.29) is 0 Å². The number of ether oxygens (including phenoxy) is 3. The summed E-state index contributed by atoms with van der Waals surface area (Å²) >= 11 is 0. The first-order chi connectivity index (χ1) is 10.2. The lowest BCUT2D eigenvalue weighted by molar-refractivity contribution is 0.0643. The second kappa shape index (κ2) is 10.6. The Hall–Kier alpha value is -1.10. The molecule has 0 fully saturated rings. The molecule has 0 saturated heterocycles. The zero-order valence-corrected chi connectivity index (χ0v) is 13.8. The summed E-state index contributed by atoms with van der Waals surface area (Å²) in [5.74, 6) is 0.973. The van der Waals surface area contributed by atoms with Crippen molar-refractivity contribution in [1.82, 2.24) is 5.32 Å².